The second-order valence-electron chi connectivity index (χ2n) is 6.92. The summed E-state index contributed by atoms with van der Waals surface area (Å²) in [6.45, 7) is 7.15. The number of hydrogen-bond donors (Lipinski definition) is 0. The summed E-state index contributed by atoms with van der Waals surface area (Å²) in [5, 5.41) is 9.41. The van der Waals surface area contributed by atoms with Crippen LogP contribution >= 0.6 is 11.8 Å². The van der Waals surface area contributed by atoms with Crippen LogP contribution in [-0.2, 0) is 6.54 Å². The Hall–Kier alpha value is -2.60. The number of methoxy groups -OCH3 is 1. The first-order valence-electron chi connectivity index (χ1n) is 9.90. The van der Waals surface area contributed by atoms with Crippen LogP contribution in [0.25, 0.3) is 11.4 Å². The van der Waals surface area contributed by atoms with E-state index in [0.717, 1.165) is 40.8 Å². The van der Waals surface area contributed by atoms with Crippen molar-refractivity contribution < 1.29 is 9.53 Å². The molecule has 3 rings (SSSR count). The fourth-order valence-electron chi connectivity index (χ4n) is 3.08. The standard InChI is InChI=1S/C23H27N3O2S/c1-5-16(3)17-7-9-18(10-8-17)21(27)15-29-23-25-24-22(26(23)6-2)19-11-13-20(28-4)14-12-19/h7-14,16H,5-6,15H2,1-4H3/t16-/m1/s1. The van der Waals surface area contributed by atoms with Gasteiger partial charge in [-0.05, 0) is 49.1 Å². The summed E-state index contributed by atoms with van der Waals surface area (Å²) in [4.78, 5) is 12.6. The van der Waals surface area contributed by atoms with Crippen LogP contribution in [0, 0.1) is 0 Å². The van der Waals surface area contributed by atoms with Crippen molar-refractivity contribution >= 4 is 17.5 Å². The summed E-state index contributed by atoms with van der Waals surface area (Å²) in [5.74, 6) is 2.54. The highest BCUT2D eigenvalue weighted by Gasteiger charge is 2.15. The van der Waals surface area contributed by atoms with E-state index in [-0.39, 0.29) is 5.78 Å². The first-order chi connectivity index (χ1) is 14.1. The van der Waals surface area contributed by atoms with Crippen molar-refractivity contribution in [3.05, 3.63) is 59.7 Å². The van der Waals surface area contributed by atoms with Gasteiger partial charge in [-0.3, -0.25) is 4.79 Å². The number of rotatable bonds is 9. The molecule has 2 aromatic carbocycles. The van der Waals surface area contributed by atoms with Gasteiger partial charge in [0.25, 0.3) is 0 Å². The van der Waals surface area contributed by atoms with Crippen molar-refractivity contribution in [3.8, 4) is 17.1 Å². The molecule has 3 aromatic rings. The van der Waals surface area contributed by atoms with E-state index >= 15 is 0 Å². The quantitative estimate of drug-likeness (QED) is 0.347. The van der Waals surface area contributed by atoms with Gasteiger partial charge in [-0.25, -0.2) is 0 Å². The fraction of sp³-hybridized carbons (Fsp3) is 0.348. The maximum Gasteiger partial charge on any atom is 0.191 e. The Bertz CT molecular complexity index is 949. The summed E-state index contributed by atoms with van der Waals surface area (Å²) in [5.41, 5.74) is 2.98. The van der Waals surface area contributed by atoms with Crippen molar-refractivity contribution in [1.82, 2.24) is 14.8 Å². The van der Waals surface area contributed by atoms with Crippen molar-refractivity contribution in [1.29, 1.82) is 0 Å². The second-order valence-corrected chi connectivity index (χ2v) is 7.86. The molecule has 1 atom stereocenters. The lowest BCUT2D eigenvalue weighted by molar-refractivity contribution is 0.102. The molecule has 5 nitrogen and oxygen atoms in total. The molecule has 0 bridgehead atoms. The lowest BCUT2D eigenvalue weighted by atomic mass is 9.97. The molecule has 6 heteroatoms. The van der Waals surface area contributed by atoms with E-state index < -0.39 is 0 Å². The predicted octanol–water partition coefficient (Wildman–Crippen LogP) is 5.46. The number of ether oxygens (including phenoxy) is 1. The van der Waals surface area contributed by atoms with Crippen LogP contribution in [0.2, 0.25) is 0 Å². The summed E-state index contributed by atoms with van der Waals surface area (Å²) in [7, 11) is 1.65. The van der Waals surface area contributed by atoms with Crippen LogP contribution in [-0.4, -0.2) is 33.4 Å². The normalized spacial score (nSPS) is 12.0. The highest BCUT2D eigenvalue weighted by molar-refractivity contribution is 7.99. The fourth-order valence-corrected chi connectivity index (χ4v) is 3.98. The Morgan fingerprint density at radius 1 is 1.07 bits per heavy atom. The molecule has 0 aliphatic rings. The van der Waals surface area contributed by atoms with Gasteiger partial charge in [0.05, 0.1) is 12.9 Å². The zero-order chi connectivity index (χ0) is 20.8. The van der Waals surface area contributed by atoms with E-state index in [1.807, 2.05) is 41.0 Å². The van der Waals surface area contributed by atoms with Crippen LogP contribution in [0.5, 0.6) is 5.75 Å². The van der Waals surface area contributed by atoms with E-state index in [0.29, 0.717) is 11.7 Å². The average Bonchev–Trinajstić information content (AvgIpc) is 3.19. The molecule has 1 heterocycles. The van der Waals surface area contributed by atoms with Gasteiger partial charge in [0.15, 0.2) is 16.8 Å². The maximum absolute atomic E-state index is 12.6. The van der Waals surface area contributed by atoms with Crippen LogP contribution < -0.4 is 4.74 Å². The number of carbonyl (C=O) groups excluding carboxylic acids is 1. The number of thioether (sulfide) groups is 1. The predicted molar refractivity (Wildman–Crippen MR) is 118 cm³/mol. The third kappa shape index (κ3) is 4.88. The van der Waals surface area contributed by atoms with Gasteiger partial charge < -0.3 is 9.30 Å². The molecule has 0 N–H and O–H groups in total. The average molecular weight is 410 g/mol. The number of carbonyl (C=O) groups is 1. The first-order valence-corrected chi connectivity index (χ1v) is 10.9. The Morgan fingerprint density at radius 3 is 2.34 bits per heavy atom. The van der Waals surface area contributed by atoms with Crippen molar-refractivity contribution in [3.63, 3.8) is 0 Å². The summed E-state index contributed by atoms with van der Waals surface area (Å²) < 4.78 is 7.25. The van der Waals surface area contributed by atoms with Gasteiger partial charge in [0.2, 0.25) is 0 Å². The molecular formula is C23H27N3O2S. The van der Waals surface area contributed by atoms with E-state index in [4.69, 9.17) is 4.74 Å². The Kier molecular flexibility index (Phi) is 7.09. The molecule has 1 aromatic heterocycles. The van der Waals surface area contributed by atoms with E-state index in [2.05, 4.69) is 43.1 Å². The third-order valence-corrected chi connectivity index (χ3v) is 6.09. The molecule has 0 unspecified atom stereocenters. The molecule has 0 radical (unpaired) electrons. The first kappa shape index (κ1) is 21.1. The molecule has 0 saturated carbocycles. The molecule has 29 heavy (non-hydrogen) atoms. The Morgan fingerprint density at radius 2 is 1.76 bits per heavy atom. The smallest absolute Gasteiger partial charge is 0.191 e. The number of nitrogens with zero attached hydrogens (tertiary/aromatic N) is 3. The number of hydrogen-bond acceptors (Lipinski definition) is 5. The second kappa shape index (κ2) is 9.74. The minimum atomic E-state index is 0.0994. The SMILES string of the molecule is CC[C@@H](C)c1ccc(C(=O)CSc2nnc(-c3ccc(OC)cc3)n2CC)cc1. The minimum Gasteiger partial charge on any atom is -0.497 e. The molecule has 0 saturated heterocycles. The topological polar surface area (TPSA) is 57.0 Å². The van der Waals surface area contributed by atoms with Gasteiger partial charge in [-0.1, -0.05) is 49.9 Å². The molecule has 0 spiro atoms. The Balaban J connectivity index is 1.70. The van der Waals surface area contributed by atoms with Crippen molar-refractivity contribution in [2.75, 3.05) is 12.9 Å². The Labute approximate surface area is 176 Å². The van der Waals surface area contributed by atoms with Gasteiger partial charge >= 0.3 is 0 Å². The van der Waals surface area contributed by atoms with Crippen LogP contribution in [0.3, 0.4) is 0 Å². The summed E-state index contributed by atoms with van der Waals surface area (Å²) in [6, 6.07) is 15.7. The van der Waals surface area contributed by atoms with Crippen LogP contribution in [0.15, 0.2) is 53.7 Å². The van der Waals surface area contributed by atoms with Crippen molar-refractivity contribution in [2.24, 2.45) is 0 Å². The summed E-state index contributed by atoms with van der Waals surface area (Å²) in [6.07, 6.45) is 1.09. The van der Waals surface area contributed by atoms with Gasteiger partial charge in [0.1, 0.15) is 5.75 Å². The minimum absolute atomic E-state index is 0.0994. The highest BCUT2D eigenvalue weighted by Crippen LogP contribution is 2.26. The van der Waals surface area contributed by atoms with E-state index in [1.165, 1.54) is 17.3 Å². The van der Waals surface area contributed by atoms with E-state index in [9.17, 15) is 4.79 Å². The van der Waals surface area contributed by atoms with Gasteiger partial charge in [-0.2, -0.15) is 0 Å². The number of benzene rings is 2. The van der Waals surface area contributed by atoms with Crippen LogP contribution in [0.1, 0.15) is 49.0 Å². The lowest BCUT2D eigenvalue weighted by Crippen LogP contribution is -2.05. The maximum atomic E-state index is 12.6. The molecule has 0 amide bonds. The highest BCUT2D eigenvalue weighted by atomic mass is 32.2. The molecule has 0 aliphatic carbocycles. The monoisotopic (exact) mass is 409 g/mol. The van der Waals surface area contributed by atoms with Crippen LogP contribution in [0.4, 0.5) is 0 Å². The molecule has 0 fully saturated rings. The number of Topliss-reactive ketones (excluding diaryl/α,β-unsaturated/α-hetero) is 1. The molecule has 152 valence electrons. The van der Waals surface area contributed by atoms with Gasteiger partial charge in [0, 0.05) is 17.7 Å². The molecular weight excluding hydrogens is 382 g/mol. The molecule has 0 aliphatic heterocycles. The lowest BCUT2D eigenvalue weighted by Gasteiger charge is -2.10. The van der Waals surface area contributed by atoms with Crippen molar-refractivity contribution in [2.45, 2.75) is 44.8 Å². The number of ketones is 1. The summed E-state index contributed by atoms with van der Waals surface area (Å²) >= 11 is 1.43. The van der Waals surface area contributed by atoms with Gasteiger partial charge in [-0.15, -0.1) is 10.2 Å². The number of aromatic nitrogens is 3. The third-order valence-electron chi connectivity index (χ3n) is 5.13. The zero-order valence-corrected chi connectivity index (χ0v) is 18.2. The largest absolute Gasteiger partial charge is 0.497 e. The van der Waals surface area contributed by atoms with E-state index in [1.54, 1.807) is 7.11 Å². The zero-order valence-electron chi connectivity index (χ0n) is 17.4.